The van der Waals surface area contributed by atoms with Crippen LogP contribution in [0.2, 0.25) is 0 Å². The van der Waals surface area contributed by atoms with E-state index in [1.807, 2.05) is 12.1 Å². The maximum Gasteiger partial charge on any atom is 0.122 e. The number of rotatable bonds is 3. The summed E-state index contributed by atoms with van der Waals surface area (Å²) >= 11 is 0. The molecule has 1 aromatic rings. The summed E-state index contributed by atoms with van der Waals surface area (Å²) in [6, 6.07) is 3.79. The largest absolute Gasteiger partial charge is 0.497 e. The number of hydrogen-bond donors (Lipinski definition) is 1. The van der Waals surface area contributed by atoms with E-state index < -0.39 is 0 Å². The van der Waals surface area contributed by atoms with Gasteiger partial charge in [0.05, 0.1) is 18.9 Å². The van der Waals surface area contributed by atoms with Gasteiger partial charge in [0, 0.05) is 25.4 Å². The minimum absolute atomic E-state index is 0.214. The summed E-state index contributed by atoms with van der Waals surface area (Å²) in [6.07, 6.45) is 2.59. The van der Waals surface area contributed by atoms with Crippen molar-refractivity contribution in [3.8, 4) is 5.75 Å². The van der Waals surface area contributed by atoms with Gasteiger partial charge in [-0.1, -0.05) is 6.92 Å². The number of nitrogens with zero attached hydrogens (tertiary/aromatic N) is 2. The smallest absolute Gasteiger partial charge is 0.122 e. The molecule has 2 unspecified atom stereocenters. The fourth-order valence-electron chi connectivity index (χ4n) is 2.16. The van der Waals surface area contributed by atoms with Crippen molar-refractivity contribution in [3.63, 3.8) is 0 Å². The summed E-state index contributed by atoms with van der Waals surface area (Å²) in [5, 5.41) is 9.84. The lowest BCUT2D eigenvalue weighted by Crippen LogP contribution is -2.42. The molecule has 1 saturated heterocycles. The molecule has 1 aliphatic rings. The van der Waals surface area contributed by atoms with E-state index in [4.69, 9.17) is 4.74 Å². The molecule has 1 fully saturated rings. The summed E-state index contributed by atoms with van der Waals surface area (Å²) < 4.78 is 5.17. The molecule has 4 nitrogen and oxygen atoms in total. The van der Waals surface area contributed by atoms with Gasteiger partial charge >= 0.3 is 0 Å². The number of aliphatic hydroxyl groups excluding tert-OH is 1. The highest BCUT2D eigenvalue weighted by Crippen LogP contribution is 2.19. The number of hydrogen-bond acceptors (Lipinski definition) is 4. The zero-order valence-corrected chi connectivity index (χ0v) is 10.5. The number of pyridine rings is 1. The quantitative estimate of drug-likeness (QED) is 0.859. The van der Waals surface area contributed by atoms with Crippen LogP contribution in [0.25, 0.3) is 0 Å². The van der Waals surface area contributed by atoms with Gasteiger partial charge in [-0.15, -0.1) is 0 Å². The van der Waals surface area contributed by atoms with Crippen LogP contribution >= 0.6 is 0 Å². The van der Waals surface area contributed by atoms with Gasteiger partial charge in [0.25, 0.3) is 0 Å². The zero-order chi connectivity index (χ0) is 12.3. The first-order valence-electron chi connectivity index (χ1n) is 6.08. The summed E-state index contributed by atoms with van der Waals surface area (Å²) in [7, 11) is 1.66. The third-order valence-corrected chi connectivity index (χ3v) is 3.41. The minimum Gasteiger partial charge on any atom is -0.497 e. The number of ether oxygens (including phenoxy) is 1. The molecule has 0 bridgehead atoms. The lowest BCUT2D eigenvalue weighted by Gasteiger charge is -2.33. The second-order valence-corrected chi connectivity index (χ2v) is 4.76. The number of aliphatic hydroxyl groups is 1. The molecule has 0 aliphatic carbocycles. The SMILES string of the molecule is COc1ccnc(CN2CCC(C)C(O)C2)c1. The van der Waals surface area contributed by atoms with Crippen molar-refractivity contribution < 1.29 is 9.84 Å². The summed E-state index contributed by atoms with van der Waals surface area (Å²) in [5.41, 5.74) is 0.992. The van der Waals surface area contributed by atoms with Crippen LogP contribution in [-0.2, 0) is 6.54 Å². The van der Waals surface area contributed by atoms with Crippen molar-refractivity contribution in [2.75, 3.05) is 20.2 Å². The van der Waals surface area contributed by atoms with Crippen LogP contribution in [0.1, 0.15) is 19.0 Å². The van der Waals surface area contributed by atoms with Crippen LogP contribution in [-0.4, -0.2) is 41.3 Å². The van der Waals surface area contributed by atoms with E-state index in [0.29, 0.717) is 5.92 Å². The van der Waals surface area contributed by atoms with Gasteiger partial charge in [-0.25, -0.2) is 0 Å². The molecule has 17 heavy (non-hydrogen) atoms. The average Bonchev–Trinajstić information content (AvgIpc) is 2.34. The van der Waals surface area contributed by atoms with E-state index >= 15 is 0 Å². The normalized spacial score (nSPS) is 25.8. The third-order valence-electron chi connectivity index (χ3n) is 3.41. The summed E-state index contributed by atoms with van der Waals surface area (Å²) in [6.45, 7) is 4.64. The van der Waals surface area contributed by atoms with E-state index in [-0.39, 0.29) is 6.10 Å². The van der Waals surface area contributed by atoms with E-state index in [2.05, 4.69) is 16.8 Å². The Bertz CT molecular complexity index is 370. The van der Waals surface area contributed by atoms with Crippen molar-refractivity contribution in [2.45, 2.75) is 26.0 Å². The Morgan fingerprint density at radius 1 is 1.59 bits per heavy atom. The molecular weight excluding hydrogens is 216 g/mol. The number of methoxy groups -OCH3 is 1. The number of aromatic nitrogens is 1. The first kappa shape index (κ1) is 12.3. The Hall–Kier alpha value is -1.13. The Morgan fingerprint density at radius 3 is 3.12 bits per heavy atom. The maximum absolute atomic E-state index is 9.84. The molecule has 1 aromatic heterocycles. The molecule has 94 valence electrons. The van der Waals surface area contributed by atoms with Crippen molar-refractivity contribution in [2.24, 2.45) is 5.92 Å². The number of likely N-dealkylation sites (tertiary alicyclic amines) is 1. The Kier molecular flexibility index (Phi) is 3.97. The number of piperidine rings is 1. The molecule has 2 heterocycles. The molecule has 2 rings (SSSR count). The van der Waals surface area contributed by atoms with Crippen LogP contribution in [0.4, 0.5) is 0 Å². The highest BCUT2D eigenvalue weighted by molar-refractivity contribution is 5.22. The van der Waals surface area contributed by atoms with Crippen LogP contribution < -0.4 is 4.74 Å². The highest BCUT2D eigenvalue weighted by Gasteiger charge is 2.24. The molecule has 0 spiro atoms. The van der Waals surface area contributed by atoms with Gasteiger partial charge in [0.15, 0.2) is 0 Å². The molecular formula is C13H20N2O2. The Balaban J connectivity index is 1.96. The molecule has 4 heteroatoms. The van der Waals surface area contributed by atoms with Crippen molar-refractivity contribution in [1.82, 2.24) is 9.88 Å². The van der Waals surface area contributed by atoms with E-state index in [0.717, 1.165) is 37.5 Å². The predicted molar refractivity (Wildman–Crippen MR) is 65.9 cm³/mol. The van der Waals surface area contributed by atoms with Gasteiger partial charge in [0.1, 0.15) is 5.75 Å². The minimum atomic E-state index is -0.214. The van der Waals surface area contributed by atoms with Crippen LogP contribution in [0.5, 0.6) is 5.75 Å². The second kappa shape index (κ2) is 5.47. The Morgan fingerprint density at radius 2 is 2.41 bits per heavy atom. The summed E-state index contributed by atoms with van der Waals surface area (Å²) in [4.78, 5) is 6.56. The number of β-amino-alcohol motifs (C(OH)–C–C–N with tert-alkyl or cyclic N) is 1. The summed E-state index contributed by atoms with van der Waals surface area (Å²) in [5.74, 6) is 1.24. The maximum atomic E-state index is 9.84. The van der Waals surface area contributed by atoms with Crippen molar-refractivity contribution in [1.29, 1.82) is 0 Å². The van der Waals surface area contributed by atoms with Crippen LogP contribution in [0.15, 0.2) is 18.3 Å². The molecule has 1 aliphatic heterocycles. The van der Waals surface area contributed by atoms with E-state index in [1.165, 1.54) is 0 Å². The van der Waals surface area contributed by atoms with Gasteiger partial charge in [-0.2, -0.15) is 0 Å². The van der Waals surface area contributed by atoms with E-state index in [9.17, 15) is 5.11 Å². The molecule has 0 radical (unpaired) electrons. The first-order chi connectivity index (χ1) is 8.19. The van der Waals surface area contributed by atoms with Gasteiger partial charge in [-0.3, -0.25) is 9.88 Å². The van der Waals surface area contributed by atoms with E-state index in [1.54, 1.807) is 13.3 Å². The van der Waals surface area contributed by atoms with Crippen molar-refractivity contribution >= 4 is 0 Å². The fourth-order valence-corrected chi connectivity index (χ4v) is 2.16. The Labute approximate surface area is 102 Å². The second-order valence-electron chi connectivity index (χ2n) is 4.76. The standard InChI is InChI=1S/C13H20N2O2/c1-10-4-6-15(9-13(10)16)8-11-7-12(17-2)3-5-14-11/h3,5,7,10,13,16H,4,6,8-9H2,1-2H3. The van der Waals surface area contributed by atoms with Gasteiger partial charge < -0.3 is 9.84 Å². The lowest BCUT2D eigenvalue weighted by atomic mass is 9.96. The van der Waals surface area contributed by atoms with Crippen LogP contribution in [0.3, 0.4) is 0 Å². The molecule has 0 saturated carbocycles. The topological polar surface area (TPSA) is 45.6 Å². The van der Waals surface area contributed by atoms with Gasteiger partial charge in [0.2, 0.25) is 0 Å². The first-order valence-corrected chi connectivity index (χ1v) is 6.08. The highest BCUT2D eigenvalue weighted by atomic mass is 16.5. The molecule has 1 N–H and O–H groups in total. The zero-order valence-electron chi connectivity index (χ0n) is 10.5. The predicted octanol–water partition coefficient (Wildman–Crippen LogP) is 1.29. The molecule has 0 amide bonds. The monoisotopic (exact) mass is 236 g/mol. The molecule has 0 aromatic carbocycles. The van der Waals surface area contributed by atoms with Crippen molar-refractivity contribution in [3.05, 3.63) is 24.0 Å². The third kappa shape index (κ3) is 3.17. The van der Waals surface area contributed by atoms with Gasteiger partial charge in [-0.05, 0) is 24.9 Å². The van der Waals surface area contributed by atoms with Crippen LogP contribution in [0, 0.1) is 5.92 Å². The molecule has 2 atom stereocenters. The fraction of sp³-hybridized carbons (Fsp3) is 0.615. The lowest BCUT2D eigenvalue weighted by molar-refractivity contribution is 0.0254. The average molecular weight is 236 g/mol.